The Hall–Kier alpha value is -4.03. The van der Waals surface area contributed by atoms with Crippen molar-refractivity contribution >= 4 is 51.1 Å². The smallest absolute Gasteiger partial charge is 0.262 e. The highest BCUT2D eigenvalue weighted by atomic mass is 32.2. The van der Waals surface area contributed by atoms with Crippen LogP contribution in [0.1, 0.15) is 11.7 Å². The number of fused-ring (bicyclic) bond motifs is 3. The van der Waals surface area contributed by atoms with E-state index in [0.29, 0.717) is 11.4 Å². The van der Waals surface area contributed by atoms with Gasteiger partial charge in [-0.3, -0.25) is 14.2 Å². The van der Waals surface area contributed by atoms with Gasteiger partial charge in [0.25, 0.3) is 5.91 Å². The van der Waals surface area contributed by atoms with Gasteiger partial charge in [0.15, 0.2) is 6.61 Å². The Labute approximate surface area is 207 Å². The summed E-state index contributed by atoms with van der Waals surface area (Å²) in [5.41, 5.74) is 2.48. The molecular formula is C29H24N2O3S. The van der Waals surface area contributed by atoms with Crippen LogP contribution in [0.5, 0.6) is 5.75 Å². The van der Waals surface area contributed by atoms with Gasteiger partial charge in [-0.05, 0) is 49.4 Å². The molecule has 0 saturated carbocycles. The Morgan fingerprint density at radius 2 is 1.46 bits per heavy atom. The van der Waals surface area contributed by atoms with Crippen LogP contribution >= 0.6 is 11.8 Å². The molecule has 0 radical (unpaired) electrons. The first kappa shape index (κ1) is 22.7. The van der Waals surface area contributed by atoms with Crippen LogP contribution in [-0.4, -0.2) is 28.2 Å². The average molecular weight is 481 g/mol. The molecule has 5 aromatic rings. The van der Waals surface area contributed by atoms with Gasteiger partial charge in [0.2, 0.25) is 5.91 Å². The van der Waals surface area contributed by atoms with Gasteiger partial charge in [-0.2, -0.15) is 0 Å². The number of anilines is 1. The number of hydrogen-bond donors (Lipinski definition) is 1. The minimum atomic E-state index is -0.332. The zero-order valence-corrected chi connectivity index (χ0v) is 20.0. The van der Waals surface area contributed by atoms with Crippen LogP contribution in [0.3, 0.4) is 0 Å². The number of carbonyl (C=O) groups is 2. The topological polar surface area (TPSA) is 60.3 Å². The zero-order valence-electron chi connectivity index (χ0n) is 19.2. The lowest BCUT2D eigenvalue weighted by Crippen LogP contribution is -2.21. The van der Waals surface area contributed by atoms with E-state index in [1.54, 1.807) is 12.1 Å². The van der Waals surface area contributed by atoms with E-state index in [-0.39, 0.29) is 23.7 Å². The van der Waals surface area contributed by atoms with Gasteiger partial charge in [0, 0.05) is 21.4 Å². The summed E-state index contributed by atoms with van der Waals surface area (Å²) < 4.78 is 7.33. The molecule has 5 nitrogen and oxygen atoms in total. The van der Waals surface area contributed by atoms with Gasteiger partial charge in [-0.15, -0.1) is 11.8 Å². The van der Waals surface area contributed by atoms with E-state index >= 15 is 0 Å². The molecule has 1 aromatic heterocycles. The van der Waals surface area contributed by atoms with Crippen molar-refractivity contribution in [3.8, 4) is 5.75 Å². The molecule has 4 aromatic carbocycles. The Kier molecular flexibility index (Phi) is 6.55. The van der Waals surface area contributed by atoms with Crippen molar-refractivity contribution in [1.29, 1.82) is 0 Å². The number of aromatic nitrogens is 1. The molecule has 1 heterocycles. The van der Waals surface area contributed by atoms with Crippen molar-refractivity contribution in [2.24, 2.45) is 0 Å². The molecule has 6 heteroatoms. The molecule has 0 bridgehead atoms. The summed E-state index contributed by atoms with van der Waals surface area (Å²) in [4.78, 5) is 26.8. The highest BCUT2D eigenvalue weighted by molar-refractivity contribution is 8.00. The fraction of sp³-hybridized carbons (Fsp3) is 0.103. The average Bonchev–Trinajstić information content (AvgIpc) is 3.22. The molecule has 1 unspecified atom stereocenters. The van der Waals surface area contributed by atoms with Crippen LogP contribution in [0, 0.1) is 0 Å². The highest BCUT2D eigenvalue weighted by Gasteiger charge is 2.21. The number of nitrogens with one attached hydrogen (secondary N) is 1. The van der Waals surface area contributed by atoms with Crippen molar-refractivity contribution in [2.45, 2.75) is 17.1 Å². The molecule has 1 atom stereocenters. The first-order valence-electron chi connectivity index (χ1n) is 11.4. The van der Waals surface area contributed by atoms with Gasteiger partial charge in [0.1, 0.15) is 5.75 Å². The SMILES string of the molecule is CC(Sc1cccc(NC(=O)COc2ccccc2)c1)C(=O)n1c2ccccc2c2ccccc21. The normalized spacial score (nSPS) is 11.9. The molecule has 0 aliphatic carbocycles. The Bertz CT molecular complexity index is 1460. The van der Waals surface area contributed by atoms with Crippen molar-refractivity contribution in [1.82, 2.24) is 4.57 Å². The third-order valence-corrected chi connectivity index (χ3v) is 6.77. The molecule has 0 fully saturated rings. The number of benzene rings is 4. The molecule has 0 aliphatic heterocycles. The summed E-state index contributed by atoms with van der Waals surface area (Å²) in [6, 6.07) is 32.7. The number of rotatable bonds is 7. The van der Waals surface area contributed by atoms with Crippen LogP contribution in [-0.2, 0) is 4.79 Å². The van der Waals surface area contributed by atoms with Crippen LogP contribution in [0.15, 0.2) is 108 Å². The fourth-order valence-electron chi connectivity index (χ4n) is 4.11. The van der Waals surface area contributed by atoms with Gasteiger partial charge in [0.05, 0.1) is 16.3 Å². The Balaban J connectivity index is 1.30. The number of ether oxygens (including phenoxy) is 1. The number of thioether (sulfide) groups is 1. The number of nitrogens with zero attached hydrogens (tertiary/aromatic N) is 1. The first-order valence-corrected chi connectivity index (χ1v) is 12.2. The maximum Gasteiger partial charge on any atom is 0.262 e. The van der Waals surface area contributed by atoms with Gasteiger partial charge in [-0.1, -0.05) is 60.7 Å². The van der Waals surface area contributed by atoms with E-state index in [4.69, 9.17) is 4.74 Å². The van der Waals surface area contributed by atoms with E-state index in [0.717, 1.165) is 26.7 Å². The van der Waals surface area contributed by atoms with Gasteiger partial charge >= 0.3 is 0 Å². The number of amides is 1. The molecule has 174 valence electrons. The fourth-order valence-corrected chi connectivity index (χ4v) is 5.07. The van der Waals surface area contributed by atoms with Crippen LogP contribution < -0.4 is 10.1 Å². The van der Waals surface area contributed by atoms with Crippen molar-refractivity contribution in [3.05, 3.63) is 103 Å². The van der Waals surface area contributed by atoms with E-state index in [9.17, 15) is 9.59 Å². The predicted octanol–water partition coefficient (Wildman–Crippen LogP) is 6.63. The molecule has 0 aliphatic rings. The lowest BCUT2D eigenvalue weighted by Gasteiger charge is -2.14. The minimum Gasteiger partial charge on any atom is -0.484 e. The summed E-state index contributed by atoms with van der Waals surface area (Å²) >= 11 is 1.47. The molecule has 5 rings (SSSR count). The van der Waals surface area contributed by atoms with Crippen LogP contribution in [0.4, 0.5) is 5.69 Å². The number of para-hydroxylation sites is 3. The maximum absolute atomic E-state index is 13.6. The largest absolute Gasteiger partial charge is 0.484 e. The second-order valence-electron chi connectivity index (χ2n) is 8.15. The molecule has 1 amide bonds. The molecule has 35 heavy (non-hydrogen) atoms. The van der Waals surface area contributed by atoms with Crippen molar-refractivity contribution < 1.29 is 14.3 Å². The Morgan fingerprint density at radius 3 is 2.14 bits per heavy atom. The lowest BCUT2D eigenvalue weighted by molar-refractivity contribution is -0.118. The summed E-state index contributed by atoms with van der Waals surface area (Å²) in [6.45, 7) is 1.83. The quantitative estimate of drug-likeness (QED) is 0.266. The number of hydrogen-bond acceptors (Lipinski definition) is 4. The third-order valence-electron chi connectivity index (χ3n) is 5.69. The number of carbonyl (C=O) groups excluding carboxylic acids is 2. The standard InChI is InChI=1S/C29H24N2O3S/c1-20(29(33)31-26-16-7-5-14-24(26)25-15-6-8-17-27(25)31)35-23-13-9-10-21(18-23)30-28(32)19-34-22-11-3-2-4-12-22/h2-18,20H,19H2,1H3,(H,30,32). The van der Waals surface area contributed by atoms with E-state index in [1.165, 1.54) is 11.8 Å². The van der Waals surface area contributed by atoms with E-state index < -0.39 is 0 Å². The molecule has 0 saturated heterocycles. The monoisotopic (exact) mass is 480 g/mol. The molecule has 0 spiro atoms. The van der Waals surface area contributed by atoms with E-state index in [1.807, 2.05) is 102 Å². The zero-order chi connectivity index (χ0) is 24.2. The van der Waals surface area contributed by atoms with Crippen molar-refractivity contribution in [3.63, 3.8) is 0 Å². The predicted molar refractivity (Wildman–Crippen MR) is 142 cm³/mol. The first-order chi connectivity index (χ1) is 17.1. The lowest BCUT2D eigenvalue weighted by atomic mass is 10.2. The minimum absolute atomic E-state index is 0.0121. The molecular weight excluding hydrogens is 456 g/mol. The second-order valence-corrected chi connectivity index (χ2v) is 9.56. The van der Waals surface area contributed by atoms with Crippen molar-refractivity contribution in [2.75, 3.05) is 11.9 Å². The van der Waals surface area contributed by atoms with Gasteiger partial charge in [-0.25, -0.2) is 0 Å². The summed E-state index contributed by atoms with van der Waals surface area (Å²) in [7, 11) is 0. The summed E-state index contributed by atoms with van der Waals surface area (Å²) in [5.74, 6) is 0.410. The van der Waals surface area contributed by atoms with Crippen LogP contribution in [0.25, 0.3) is 21.8 Å². The van der Waals surface area contributed by atoms with E-state index in [2.05, 4.69) is 5.32 Å². The highest BCUT2D eigenvalue weighted by Crippen LogP contribution is 2.32. The van der Waals surface area contributed by atoms with Crippen LogP contribution in [0.2, 0.25) is 0 Å². The van der Waals surface area contributed by atoms with Gasteiger partial charge < -0.3 is 10.1 Å². The molecule has 1 N–H and O–H groups in total. The third kappa shape index (κ3) is 4.93. The summed E-state index contributed by atoms with van der Waals surface area (Å²) in [5, 5.41) is 4.66. The maximum atomic E-state index is 13.6. The Morgan fingerprint density at radius 1 is 0.829 bits per heavy atom. The summed E-state index contributed by atoms with van der Waals surface area (Å²) in [6.07, 6.45) is 0. The second kappa shape index (κ2) is 10.1.